The van der Waals surface area contributed by atoms with Crippen molar-refractivity contribution < 1.29 is 9.53 Å². The van der Waals surface area contributed by atoms with Crippen LogP contribution in [0.5, 0.6) is 5.75 Å². The van der Waals surface area contributed by atoms with E-state index in [1.165, 1.54) is 0 Å². The van der Waals surface area contributed by atoms with Gasteiger partial charge in [0.2, 0.25) is 0 Å². The quantitative estimate of drug-likeness (QED) is 0.840. The Kier molecular flexibility index (Phi) is 3.76. The highest BCUT2D eigenvalue weighted by Crippen LogP contribution is 2.39. The number of nitrogens with zero attached hydrogens (tertiary/aromatic N) is 3. The summed E-state index contributed by atoms with van der Waals surface area (Å²) in [6, 6.07) is 7.85. The fourth-order valence-corrected chi connectivity index (χ4v) is 4.16. The lowest BCUT2D eigenvalue weighted by Gasteiger charge is -2.27. The smallest absolute Gasteiger partial charge is 0.264 e. The number of para-hydroxylation sites is 1. The summed E-state index contributed by atoms with van der Waals surface area (Å²) in [6.45, 7) is 2.69. The zero-order valence-corrected chi connectivity index (χ0v) is 14.6. The highest BCUT2D eigenvalue weighted by Gasteiger charge is 2.39. The van der Waals surface area contributed by atoms with Crippen molar-refractivity contribution in [1.29, 1.82) is 0 Å². The van der Waals surface area contributed by atoms with Gasteiger partial charge in [-0.05, 0) is 31.4 Å². The number of aromatic nitrogens is 2. The normalized spacial score (nSPS) is 22.5. The van der Waals surface area contributed by atoms with E-state index in [4.69, 9.17) is 16.3 Å². The van der Waals surface area contributed by atoms with E-state index in [0.29, 0.717) is 11.6 Å². The van der Waals surface area contributed by atoms with Gasteiger partial charge in [-0.2, -0.15) is 5.10 Å². The first kappa shape index (κ1) is 15.5. The summed E-state index contributed by atoms with van der Waals surface area (Å²) in [7, 11) is 1.83. The van der Waals surface area contributed by atoms with Crippen LogP contribution in [-0.4, -0.2) is 33.2 Å². The summed E-state index contributed by atoms with van der Waals surface area (Å²) in [4.78, 5) is 15.0. The van der Waals surface area contributed by atoms with Crippen LogP contribution in [0, 0.1) is 6.92 Å². The zero-order valence-electron chi connectivity index (χ0n) is 13.8. The third-order valence-electron chi connectivity index (χ3n) is 4.99. The summed E-state index contributed by atoms with van der Waals surface area (Å²) >= 11 is 6.43. The lowest BCUT2D eigenvalue weighted by Crippen LogP contribution is -2.41. The molecule has 0 spiro atoms. The molecular formula is C18H20ClN3O2. The van der Waals surface area contributed by atoms with E-state index in [1.807, 2.05) is 43.1 Å². The van der Waals surface area contributed by atoms with Crippen LogP contribution >= 0.6 is 11.6 Å². The molecular weight excluding hydrogens is 326 g/mol. The number of aryl methyl sites for hydroxylation is 2. The maximum atomic E-state index is 13.1. The molecule has 1 amide bonds. The molecule has 2 aliphatic rings. The van der Waals surface area contributed by atoms with E-state index < -0.39 is 6.10 Å². The molecule has 2 aromatic rings. The molecule has 2 atom stereocenters. The van der Waals surface area contributed by atoms with Gasteiger partial charge in [-0.25, -0.2) is 0 Å². The van der Waals surface area contributed by atoms with Crippen LogP contribution in [0.3, 0.4) is 0 Å². The van der Waals surface area contributed by atoms with Crippen molar-refractivity contribution in [3.63, 3.8) is 0 Å². The fourth-order valence-electron chi connectivity index (χ4n) is 3.86. The summed E-state index contributed by atoms with van der Waals surface area (Å²) < 4.78 is 7.56. The molecule has 0 saturated carbocycles. The zero-order chi connectivity index (χ0) is 16.8. The second-order valence-corrected chi connectivity index (χ2v) is 6.88. The molecule has 0 radical (unpaired) electrons. The molecule has 0 aliphatic carbocycles. The van der Waals surface area contributed by atoms with Crippen molar-refractivity contribution in [2.45, 2.75) is 38.3 Å². The maximum absolute atomic E-state index is 13.1. The van der Waals surface area contributed by atoms with Crippen molar-refractivity contribution in [3.8, 4) is 5.75 Å². The van der Waals surface area contributed by atoms with E-state index in [2.05, 4.69) is 5.10 Å². The minimum atomic E-state index is -0.432. The maximum Gasteiger partial charge on any atom is 0.264 e. The topological polar surface area (TPSA) is 47.4 Å². The van der Waals surface area contributed by atoms with E-state index in [1.54, 1.807) is 4.68 Å². The van der Waals surface area contributed by atoms with Gasteiger partial charge in [0.15, 0.2) is 6.10 Å². The van der Waals surface area contributed by atoms with Gasteiger partial charge in [-0.15, -0.1) is 0 Å². The molecule has 24 heavy (non-hydrogen) atoms. The molecule has 126 valence electrons. The predicted molar refractivity (Wildman–Crippen MR) is 91.2 cm³/mol. The Morgan fingerprint density at radius 1 is 1.38 bits per heavy atom. The lowest BCUT2D eigenvalue weighted by atomic mass is 10.0. The Bertz CT molecular complexity index is 777. The van der Waals surface area contributed by atoms with Crippen molar-refractivity contribution >= 4 is 17.5 Å². The first-order valence-electron chi connectivity index (χ1n) is 8.30. The van der Waals surface area contributed by atoms with Gasteiger partial charge in [0, 0.05) is 25.6 Å². The number of halogens is 1. The number of benzene rings is 1. The van der Waals surface area contributed by atoms with Gasteiger partial charge in [0.05, 0.1) is 11.7 Å². The van der Waals surface area contributed by atoms with Gasteiger partial charge in [-0.3, -0.25) is 9.48 Å². The molecule has 0 unspecified atom stereocenters. The van der Waals surface area contributed by atoms with Gasteiger partial charge in [-0.1, -0.05) is 29.8 Å². The third-order valence-corrected chi connectivity index (χ3v) is 5.44. The van der Waals surface area contributed by atoms with Gasteiger partial charge in [0.1, 0.15) is 10.9 Å². The van der Waals surface area contributed by atoms with Crippen LogP contribution in [0.2, 0.25) is 5.15 Å². The number of amides is 1. The minimum Gasteiger partial charge on any atom is -0.480 e. The molecule has 6 heteroatoms. The fraction of sp³-hybridized carbons (Fsp3) is 0.444. The van der Waals surface area contributed by atoms with Crippen molar-refractivity contribution in [2.75, 3.05) is 6.54 Å². The highest BCUT2D eigenvalue weighted by molar-refractivity contribution is 6.30. The van der Waals surface area contributed by atoms with Crippen LogP contribution in [0.1, 0.15) is 35.7 Å². The summed E-state index contributed by atoms with van der Waals surface area (Å²) in [5, 5.41) is 5.01. The van der Waals surface area contributed by atoms with E-state index >= 15 is 0 Å². The predicted octanol–water partition coefficient (Wildman–Crippen LogP) is 3.05. The number of hydrogen-bond donors (Lipinski definition) is 0. The van der Waals surface area contributed by atoms with Crippen molar-refractivity contribution in [1.82, 2.24) is 14.7 Å². The second kappa shape index (κ2) is 5.81. The summed E-state index contributed by atoms with van der Waals surface area (Å²) in [5.74, 6) is 0.871. The SMILES string of the molecule is Cc1nn(C)c(Cl)c1[C@@H]1CCCN1C(=O)[C@@H]1Cc2ccccc2O1. The second-order valence-electron chi connectivity index (χ2n) is 6.52. The average molecular weight is 346 g/mol. The van der Waals surface area contributed by atoms with Crippen LogP contribution in [0.15, 0.2) is 24.3 Å². The Labute approximate surface area is 146 Å². The standard InChI is InChI=1S/C18H20ClN3O2/c1-11-16(17(19)21(2)20-11)13-7-5-9-22(13)18(23)15-10-12-6-3-4-8-14(12)24-15/h3-4,6,8,13,15H,5,7,9-10H2,1-2H3/t13-,15-/m0/s1. The Balaban J connectivity index is 1.59. The van der Waals surface area contributed by atoms with Crippen LogP contribution in [0.25, 0.3) is 0 Å². The molecule has 1 aromatic heterocycles. The molecule has 3 heterocycles. The number of carbonyl (C=O) groups excluding carboxylic acids is 1. The van der Waals surface area contributed by atoms with Crippen LogP contribution < -0.4 is 4.74 Å². The molecule has 5 nitrogen and oxygen atoms in total. The third kappa shape index (κ3) is 2.38. The van der Waals surface area contributed by atoms with Gasteiger partial charge in [0.25, 0.3) is 5.91 Å². The van der Waals surface area contributed by atoms with Crippen molar-refractivity contribution in [2.24, 2.45) is 7.05 Å². The molecule has 1 fully saturated rings. The molecule has 0 N–H and O–H groups in total. The van der Waals surface area contributed by atoms with Gasteiger partial charge < -0.3 is 9.64 Å². The number of rotatable bonds is 2. The summed E-state index contributed by atoms with van der Waals surface area (Å²) in [5.41, 5.74) is 2.96. The largest absolute Gasteiger partial charge is 0.480 e. The van der Waals surface area contributed by atoms with Crippen molar-refractivity contribution in [3.05, 3.63) is 46.2 Å². The molecule has 1 aromatic carbocycles. The summed E-state index contributed by atoms with van der Waals surface area (Å²) in [6.07, 6.45) is 2.09. The first-order valence-corrected chi connectivity index (χ1v) is 8.68. The Morgan fingerprint density at radius 3 is 2.88 bits per heavy atom. The average Bonchev–Trinajstić information content (AvgIpc) is 3.25. The monoisotopic (exact) mass is 345 g/mol. The minimum absolute atomic E-state index is 0.00832. The van der Waals surface area contributed by atoms with E-state index in [-0.39, 0.29) is 11.9 Å². The number of ether oxygens (including phenoxy) is 1. The highest BCUT2D eigenvalue weighted by atomic mass is 35.5. The van der Waals surface area contributed by atoms with Crippen LogP contribution in [-0.2, 0) is 18.3 Å². The lowest BCUT2D eigenvalue weighted by molar-refractivity contribution is -0.138. The number of carbonyl (C=O) groups is 1. The molecule has 0 bridgehead atoms. The molecule has 4 rings (SSSR count). The van der Waals surface area contributed by atoms with E-state index in [9.17, 15) is 4.79 Å². The Hall–Kier alpha value is -2.01. The molecule has 1 saturated heterocycles. The van der Waals surface area contributed by atoms with Gasteiger partial charge >= 0.3 is 0 Å². The number of likely N-dealkylation sites (tertiary alicyclic amines) is 1. The Morgan fingerprint density at radius 2 is 2.17 bits per heavy atom. The first-order chi connectivity index (χ1) is 11.6. The van der Waals surface area contributed by atoms with Crippen LogP contribution in [0.4, 0.5) is 0 Å². The number of fused-ring (bicyclic) bond motifs is 1. The number of hydrogen-bond acceptors (Lipinski definition) is 3. The molecule has 2 aliphatic heterocycles. The van der Waals surface area contributed by atoms with E-state index in [0.717, 1.165) is 42.0 Å².